The number of hydrogen-bond acceptors (Lipinski definition) is 3. The van der Waals surface area contributed by atoms with Crippen LogP contribution in [0.3, 0.4) is 0 Å². The van der Waals surface area contributed by atoms with Gasteiger partial charge < -0.3 is 16.0 Å². The fourth-order valence-electron chi connectivity index (χ4n) is 1.85. The van der Waals surface area contributed by atoms with E-state index in [-0.39, 0.29) is 5.91 Å². The van der Waals surface area contributed by atoms with Crippen LogP contribution in [0.2, 0.25) is 0 Å². The van der Waals surface area contributed by atoms with E-state index in [4.69, 9.17) is 5.73 Å². The number of benzene rings is 2. The van der Waals surface area contributed by atoms with Crippen LogP contribution in [0.1, 0.15) is 15.9 Å². The maximum absolute atomic E-state index is 12.1. The van der Waals surface area contributed by atoms with E-state index in [0.29, 0.717) is 12.1 Å². The van der Waals surface area contributed by atoms with Crippen LogP contribution in [0.25, 0.3) is 0 Å². The predicted octanol–water partition coefficient (Wildman–Crippen LogP) is 2.26. The van der Waals surface area contributed by atoms with Gasteiger partial charge >= 0.3 is 0 Å². The van der Waals surface area contributed by atoms with E-state index in [1.54, 1.807) is 0 Å². The second kappa shape index (κ2) is 6.10. The number of nitrogens with two attached hydrogens (primary N) is 1. The zero-order chi connectivity index (χ0) is 14.5. The van der Waals surface area contributed by atoms with E-state index in [1.165, 1.54) is 0 Å². The van der Waals surface area contributed by atoms with Crippen molar-refractivity contribution in [2.24, 2.45) is 0 Å². The fraction of sp³-hybridized carbons (Fsp3) is 0.188. The van der Waals surface area contributed by atoms with Gasteiger partial charge in [0.05, 0.1) is 0 Å². The van der Waals surface area contributed by atoms with Gasteiger partial charge in [0.15, 0.2) is 0 Å². The van der Waals surface area contributed by atoms with Gasteiger partial charge in [0.1, 0.15) is 0 Å². The van der Waals surface area contributed by atoms with Crippen LogP contribution in [0, 0.1) is 0 Å². The van der Waals surface area contributed by atoms with Gasteiger partial charge in [0, 0.05) is 37.6 Å². The van der Waals surface area contributed by atoms with Crippen molar-refractivity contribution in [3.8, 4) is 0 Å². The number of rotatable bonds is 4. The van der Waals surface area contributed by atoms with Gasteiger partial charge in [0.2, 0.25) is 0 Å². The second-order valence-electron chi connectivity index (χ2n) is 4.87. The van der Waals surface area contributed by atoms with Crippen LogP contribution in [-0.2, 0) is 6.54 Å². The number of hydrogen-bond donors (Lipinski definition) is 2. The van der Waals surface area contributed by atoms with Gasteiger partial charge in [-0.05, 0) is 35.9 Å². The molecule has 0 aliphatic carbocycles. The van der Waals surface area contributed by atoms with Crippen LogP contribution < -0.4 is 16.0 Å². The molecule has 0 aromatic heterocycles. The summed E-state index contributed by atoms with van der Waals surface area (Å²) in [6.45, 7) is 0.491. The molecule has 0 bridgehead atoms. The summed E-state index contributed by atoms with van der Waals surface area (Å²) in [6, 6.07) is 15.0. The first kappa shape index (κ1) is 13.9. The van der Waals surface area contributed by atoms with Gasteiger partial charge in [-0.25, -0.2) is 0 Å². The van der Waals surface area contributed by atoms with E-state index in [2.05, 4.69) is 5.32 Å². The summed E-state index contributed by atoms with van der Waals surface area (Å²) in [6.07, 6.45) is 0. The Bertz CT molecular complexity index is 591. The van der Waals surface area contributed by atoms with Crippen molar-refractivity contribution in [3.05, 3.63) is 59.7 Å². The molecule has 3 N–H and O–H groups in total. The third-order valence-corrected chi connectivity index (χ3v) is 3.06. The van der Waals surface area contributed by atoms with E-state index in [1.807, 2.05) is 67.5 Å². The molecule has 1 amide bonds. The van der Waals surface area contributed by atoms with Crippen molar-refractivity contribution >= 4 is 17.3 Å². The Morgan fingerprint density at radius 1 is 1.15 bits per heavy atom. The monoisotopic (exact) mass is 269 g/mol. The first-order valence-corrected chi connectivity index (χ1v) is 6.46. The molecule has 0 atom stereocenters. The maximum Gasteiger partial charge on any atom is 0.251 e. The van der Waals surface area contributed by atoms with E-state index < -0.39 is 0 Å². The molecule has 0 aliphatic heterocycles. The lowest BCUT2D eigenvalue weighted by Crippen LogP contribution is -2.23. The lowest BCUT2D eigenvalue weighted by Gasteiger charge is -2.13. The Balaban J connectivity index is 2.01. The molecule has 104 valence electrons. The lowest BCUT2D eigenvalue weighted by molar-refractivity contribution is 0.0951. The van der Waals surface area contributed by atoms with Crippen LogP contribution in [-0.4, -0.2) is 20.0 Å². The van der Waals surface area contributed by atoms with Gasteiger partial charge in [-0.15, -0.1) is 0 Å². The van der Waals surface area contributed by atoms with Crippen LogP contribution in [0.4, 0.5) is 11.4 Å². The van der Waals surface area contributed by atoms with Crippen molar-refractivity contribution < 1.29 is 4.79 Å². The Kier molecular flexibility index (Phi) is 4.25. The second-order valence-corrected chi connectivity index (χ2v) is 4.87. The molecule has 0 unspecified atom stereocenters. The molecule has 0 heterocycles. The van der Waals surface area contributed by atoms with Crippen LogP contribution >= 0.6 is 0 Å². The molecule has 0 aliphatic rings. The quantitative estimate of drug-likeness (QED) is 0.837. The summed E-state index contributed by atoms with van der Waals surface area (Å²) in [5.41, 5.74) is 9.04. The normalized spacial score (nSPS) is 10.1. The molecule has 2 aromatic carbocycles. The number of anilines is 2. The minimum atomic E-state index is -0.0782. The number of amides is 1. The van der Waals surface area contributed by atoms with Gasteiger partial charge in [-0.2, -0.15) is 0 Å². The molecule has 0 fully saturated rings. The number of carbonyl (C=O) groups excluding carboxylic acids is 1. The molecule has 0 saturated heterocycles. The molecule has 20 heavy (non-hydrogen) atoms. The molecular formula is C16H19N3O. The molecule has 0 radical (unpaired) electrons. The van der Waals surface area contributed by atoms with Gasteiger partial charge in [0.25, 0.3) is 5.91 Å². The van der Waals surface area contributed by atoms with Crippen molar-refractivity contribution in [1.29, 1.82) is 0 Å². The summed E-state index contributed by atoms with van der Waals surface area (Å²) < 4.78 is 0. The Labute approximate surface area is 119 Å². The third-order valence-electron chi connectivity index (χ3n) is 3.06. The zero-order valence-electron chi connectivity index (χ0n) is 11.8. The van der Waals surface area contributed by atoms with E-state index >= 15 is 0 Å². The van der Waals surface area contributed by atoms with Crippen LogP contribution in [0.5, 0.6) is 0 Å². The smallest absolute Gasteiger partial charge is 0.251 e. The average molecular weight is 269 g/mol. The molecule has 2 rings (SSSR count). The molecule has 4 heteroatoms. The average Bonchev–Trinajstić information content (AvgIpc) is 2.46. The number of nitrogens with zero attached hydrogens (tertiary/aromatic N) is 1. The van der Waals surface area contributed by atoms with Crippen molar-refractivity contribution in [1.82, 2.24) is 5.32 Å². The first-order chi connectivity index (χ1) is 9.56. The molecule has 4 nitrogen and oxygen atoms in total. The fourth-order valence-corrected chi connectivity index (χ4v) is 1.85. The molecule has 0 spiro atoms. The number of nitrogen functional groups attached to an aromatic ring is 1. The molecule has 0 saturated carbocycles. The van der Waals surface area contributed by atoms with E-state index in [9.17, 15) is 4.79 Å². The maximum atomic E-state index is 12.1. The summed E-state index contributed by atoms with van der Waals surface area (Å²) in [5, 5.41) is 2.90. The standard InChI is InChI=1S/C16H19N3O/c1-19(2)15-5-3-4-13(10-15)16(20)18-11-12-6-8-14(17)9-7-12/h3-10H,11,17H2,1-2H3,(H,18,20). The Morgan fingerprint density at radius 2 is 1.85 bits per heavy atom. The molecular weight excluding hydrogens is 250 g/mol. The van der Waals surface area contributed by atoms with Crippen LogP contribution in [0.15, 0.2) is 48.5 Å². The highest BCUT2D eigenvalue weighted by molar-refractivity contribution is 5.95. The highest BCUT2D eigenvalue weighted by Gasteiger charge is 2.06. The number of nitrogens with one attached hydrogen (secondary N) is 1. The highest BCUT2D eigenvalue weighted by Crippen LogP contribution is 2.13. The third kappa shape index (κ3) is 3.51. The molecule has 2 aromatic rings. The Hall–Kier alpha value is -2.49. The largest absolute Gasteiger partial charge is 0.399 e. The zero-order valence-corrected chi connectivity index (χ0v) is 11.8. The lowest BCUT2D eigenvalue weighted by atomic mass is 10.1. The minimum Gasteiger partial charge on any atom is -0.399 e. The predicted molar refractivity (Wildman–Crippen MR) is 82.8 cm³/mol. The van der Waals surface area contributed by atoms with Crippen molar-refractivity contribution in [2.75, 3.05) is 24.7 Å². The minimum absolute atomic E-state index is 0.0782. The summed E-state index contributed by atoms with van der Waals surface area (Å²) in [4.78, 5) is 14.1. The van der Waals surface area contributed by atoms with Crippen molar-refractivity contribution in [2.45, 2.75) is 6.54 Å². The Morgan fingerprint density at radius 3 is 2.50 bits per heavy atom. The van der Waals surface area contributed by atoms with Gasteiger partial charge in [-0.3, -0.25) is 4.79 Å². The van der Waals surface area contributed by atoms with Gasteiger partial charge in [-0.1, -0.05) is 18.2 Å². The van der Waals surface area contributed by atoms with E-state index in [0.717, 1.165) is 16.9 Å². The summed E-state index contributed by atoms with van der Waals surface area (Å²) in [5.74, 6) is -0.0782. The summed E-state index contributed by atoms with van der Waals surface area (Å²) >= 11 is 0. The topological polar surface area (TPSA) is 58.4 Å². The first-order valence-electron chi connectivity index (χ1n) is 6.46. The number of carbonyl (C=O) groups is 1. The highest BCUT2D eigenvalue weighted by atomic mass is 16.1. The van der Waals surface area contributed by atoms with Crippen molar-refractivity contribution in [3.63, 3.8) is 0 Å². The SMILES string of the molecule is CN(C)c1cccc(C(=O)NCc2ccc(N)cc2)c1. The summed E-state index contributed by atoms with van der Waals surface area (Å²) in [7, 11) is 3.90.